The summed E-state index contributed by atoms with van der Waals surface area (Å²) >= 11 is 0. The predicted octanol–water partition coefficient (Wildman–Crippen LogP) is 7.82. The molecule has 1 aliphatic heterocycles. The minimum absolute atomic E-state index is 0.129. The van der Waals surface area contributed by atoms with Crippen molar-refractivity contribution in [1.29, 1.82) is 0 Å². The summed E-state index contributed by atoms with van der Waals surface area (Å²) in [5, 5.41) is 4.19. The normalized spacial score (nSPS) is 21.5. The van der Waals surface area contributed by atoms with Crippen LogP contribution < -0.4 is 5.32 Å². The van der Waals surface area contributed by atoms with Gasteiger partial charge in [0.25, 0.3) is 0 Å². The molecular formula is C34H27N. The molecule has 1 fully saturated rings. The summed E-state index contributed by atoms with van der Waals surface area (Å²) in [5.74, 6) is 0.223. The van der Waals surface area contributed by atoms with Crippen molar-refractivity contribution in [3.63, 3.8) is 0 Å². The van der Waals surface area contributed by atoms with Gasteiger partial charge >= 0.3 is 0 Å². The largest absolute Gasteiger partial charge is 0.301 e. The fourth-order valence-corrected chi connectivity index (χ4v) is 6.87. The summed E-state index contributed by atoms with van der Waals surface area (Å²) in [6.07, 6.45) is 0. The summed E-state index contributed by atoms with van der Waals surface area (Å²) in [7, 11) is 0. The smallest absolute Gasteiger partial charge is 0.0496 e. The van der Waals surface area contributed by atoms with E-state index in [2.05, 4.69) is 145 Å². The van der Waals surface area contributed by atoms with Crippen LogP contribution in [-0.4, -0.2) is 0 Å². The molecule has 2 aliphatic rings. The number of benzene rings is 5. The van der Waals surface area contributed by atoms with Crippen molar-refractivity contribution in [2.75, 3.05) is 0 Å². The first kappa shape index (κ1) is 20.4. The molecule has 0 bridgehead atoms. The molecule has 3 atom stereocenters. The van der Waals surface area contributed by atoms with E-state index in [1.54, 1.807) is 0 Å². The van der Waals surface area contributed by atoms with E-state index in [1.165, 1.54) is 38.9 Å². The van der Waals surface area contributed by atoms with Crippen molar-refractivity contribution in [2.45, 2.75) is 23.4 Å². The van der Waals surface area contributed by atoms with Gasteiger partial charge in [-0.15, -0.1) is 0 Å². The molecule has 0 amide bonds. The lowest BCUT2D eigenvalue weighted by Crippen LogP contribution is -2.36. The molecule has 0 aromatic heterocycles. The topological polar surface area (TPSA) is 12.0 Å². The first-order valence-corrected chi connectivity index (χ1v) is 12.5. The van der Waals surface area contributed by atoms with Crippen molar-refractivity contribution in [3.05, 3.63) is 167 Å². The fourth-order valence-electron chi connectivity index (χ4n) is 6.87. The average molecular weight is 450 g/mol. The maximum Gasteiger partial charge on any atom is 0.0496 e. The Hall–Kier alpha value is -3.94. The van der Waals surface area contributed by atoms with Crippen molar-refractivity contribution in [1.82, 2.24) is 5.32 Å². The number of hydrogen-bond donors (Lipinski definition) is 1. The van der Waals surface area contributed by atoms with E-state index in [9.17, 15) is 0 Å². The van der Waals surface area contributed by atoms with Gasteiger partial charge in [0, 0.05) is 23.4 Å². The van der Waals surface area contributed by atoms with Crippen LogP contribution >= 0.6 is 0 Å². The summed E-state index contributed by atoms with van der Waals surface area (Å²) in [6, 6.07) is 51.6. The highest BCUT2D eigenvalue weighted by atomic mass is 15.1. The van der Waals surface area contributed by atoms with Crippen LogP contribution in [0.3, 0.4) is 0 Å². The highest BCUT2D eigenvalue weighted by molar-refractivity contribution is 5.83. The molecule has 0 unspecified atom stereocenters. The second-order valence-electron chi connectivity index (χ2n) is 9.75. The monoisotopic (exact) mass is 449 g/mol. The lowest BCUT2D eigenvalue weighted by atomic mass is 9.61. The Kier molecular flexibility index (Phi) is 4.72. The van der Waals surface area contributed by atoms with Crippen LogP contribution in [0.1, 0.15) is 45.8 Å². The van der Waals surface area contributed by atoms with E-state index in [1.807, 2.05) is 0 Å². The zero-order valence-corrected chi connectivity index (χ0v) is 19.5. The Bertz CT molecular complexity index is 1430. The minimum Gasteiger partial charge on any atom is -0.301 e. The van der Waals surface area contributed by atoms with Crippen LogP contribution in [-0.2, 0) is 5.41 Å². The summed E-state index contributed by atoms with van der Waals surface area (Å²) in [6.45, 7) is 0. The molecule has 1 heterocycles. The molecule has 1 saturated heterocycles. The summed E-state index contributed by atoms with van der Waals surface area (Å²) in [4.78, 5) is 0. The molecule has 5 aromatic rings. The van der Waals surface area contributed by atoms with E-state index in [4.69, 9.17) is 0 Å². The third kappa shape index (κ3) is 2.92. The maximum absolute atomic E-state index is 4.19. The zero-order chi connectivity index (χ0) is 23.2. The number of hydrogen-bond acceptors (Lipinski definition) is 1. The molecule has 1 heteroatoms. The lowest BCUT2D eigenvalue weighted by Gasteiger charge is -2.40. The second-order valence-corrected chi connectivity index (χ2v) is 9.75. The fraction of sp³-hybridized carbons (Fsp3) is 0.118. The minimum atomic E-state index is -0.240. The van der Waals surface area contributed by atoms with Gasteiger partial charge in [0.1, 0.15) is 0 Å². The quantitative estimate of drug-likeness (QED) is 0.296. The van der Waals surface area contributed by atoms with Gasteiger partial charge in [-0.25, -0.2) is 0 Å². The molecule has 0 saturated carbocycles. The highest BCUT2D eigenvalue weighted by Crippen LogP contribution is 2.67. The first-order chi connectivity index (χ1) is 17.4. The number of rotatable bonds is 3. The zero-order valence-electron chi connectivity index (χ0n) is 19.5. The summed E-state index contributed by atoms with van der Waals surface area (Å²) in [5.41, 5.74) is 9.37. The summed E-state index contributed by atoms with van der Waals surface area (Å²) < 4.78 is 0. The Morgan fingerprint density at radius 1 is 0.429 bits per heavy atom. The molecule has 35 heavy (non-hydrogen) atoms. The molecule has 168 valence electrons. The molecular weight excluding hydrogens is 422 g/mol. The van der Waals surface area contributed by atoms with Gasteiger partial charge in [0.05, 0.1) is 0 Å². The third-order valence-corrected chi connectivity index (χ3v) is 8.11. The molecule has 1 spiro atoms. The Morgan fingerprint density at radius 3 is 1.40 bits per heavy atom. The number of nitrogens with one attached hydrogen (secondary N) is 1. The van der Waals surface area contributed by atoms with Crippen molar-refractivity contribution in [2.24, 2.45) is 0 Å². The third-order valence-electron chi connectivity index (χ3n) is 8.11. The van der Waals surface area contributed by atoms with Gasteiger partial charge in [0.2, 0.25) is 0 Å². The van der Waals surface area contributed by atoms with Crippen LogP contribution in [0, 0.1) is 0 Å². The Morgan fingerprint density at radius 2 is 0.857 bits per heavy atom. The molecule has 1 aliphatic carbocycles. The van der Waals surface area contributed by atoms with Crippen LogP contribution in [0.5, 0.6) is 0 Å². The van der Waals surface area contributed by atoms with E-state index in [0.29, 0.717) is 0 Å². The molecule has 0 radical (unpaired) electrons. The van der Waals surface area contributed by atoms with Crippen LogP contribution in [0.4, 0.5) is 0 Å². The number of fused-ring (bicyclic) bond motifs is 5. The van der Waals surface area contributed by atoms with Crippen LogP contribution in [0.2, 0.25) is 0 Å². The van der Waals surface area contributed by atoms with Gasteiger partial charge < -0.3 is 5.32 Å². The lowest BCUT2D eigenvalue weighted by molar-refractivity contribution is 0.420. The Labute approximate surface area is 207 Å². The molecule has 1 N–H and O–H groups in total. The van der Waals surface area contributed by atoms with Crippen molar-refractivity contribution < 1.29 is 0 Å². The van der Waals surface area contributed by atoms with Gasteiger partial charge in [-0.1, -0.05) is 140 Å². The van der Waals surface area contributed by atoms with Gasteiger partial charge in [-0.05, 0) is 38.9 Å². The molecule has 7 rings (SSSR count). The van der Waals surface area contributed by atoms with E-state index < -0.39 is 0 Å². The van der Waals surface area contributed by atoms with Crippen molar-refractivity contribution in [3.8, 4) is 11.1 Å². The van der Waals surface area contributed by atoms with Gasteiger partial charge in [-0.3, -0.25) is 0 Å². The highest BCUT2D eigenvalue weighted by Gasteiger charge is 2.61. The van der Waals surface area contributed by atoms with E-state index in [0.717, 1.165) is 0 Å². The van der Waals surface area contributed by atoms with Crippen LogP contribution in [0.25, 0.3) is 11.1 Å². The Balaban J connectivity index is 1.60. The standard InChI is InChI=1S/C34H27N/c1-4-14-24(15-5-1)31-32(25-16-6-2-7-17-25)35-33(26-18-8-3-9-19-26)34(31)29-22-12-10-20-27(29)28-21-11-13-23-30(28)34/h1-23,31-33,35H/t31-,32-,33-/m1/s1. The SMILES string of the molecule is c1ccc([C@H]2N[C@H](c3ccccc3)C3(c4ccccc4-c4ccccc43)[C@@H]2c2ccccc2)cc1. The average Bonchev–Trinajstić information content (AvgIpc) is 3.45. The van der Waals surface area contributed by atoms with Gasteiger partial charge in [-0.2, -0.15) is 0 Å². The van der Waals surface area contributed by atoms with Crippen LogP contribution in [0.15, 0.2) is 140 Å². The van der Waals surface area contributed by atoms with E-state index >= 15 is 0 Å². The molecule has 5 aromatic carbocycles. The van der Waals surface area contributed by atoms with Crippen molar-refractivity contribution >= 4 is 0 Å². The molecule has 1 nitrogen and oxygen atoms in total. The van der Waals surface area contributed by atoms with Gasteiger partial charge in [0.15, 0.2) is 0 Å². The maximum atomic E-state index is 4.19. The second kappa shape index (κ2) is 8.08. The first-order valence-electron chi connectivity index (χ1n) is 12.5. The van der Waals surface area contributed by atoms with E-state index in [-0.39, 0.29) is 23.4 Å². The predicted molar refractivity (Wildman–Crippen MR) is 143 cm³/mol.